The van der Waals surface area contributed by atoms with Crippen molar-refractivity contribution in [3.8, 4) is 0 Å². The number of unbranched alkanes of at least 4 members (excludes halogenated alkanes) is 1. The first-order valence-electron chi connectivity index (χ1n) is 6.43. The third-order valence-electron chi connectivity index (χ3n) is 2.73. The molecule has 0 aromatic carbocycles. The molecule has 0 aromatic rings. The summed E-state index contributed by atoms with van der Waals surface area (Å²) in [6.07, 6.45) is 3.48. The van der Waals surface area contributed by atoms with Crippen molar-refractivity contribution < 1.29 is 4.79 Å². The quantitative estimate of drug-likeness (QED) is 0.549. The molecule has 0 unspecified atom stereocenters. The molecule has 16 heavy (non-hydrogen) atoms. The minimum atomic E-state index is 0.160. The Balaban J connectivity index is 3.33. The maximum absolute atomic E-state index is 11.3. The molecule has 0 fully saturated rings. The van der Waals surface area contributed by atoms with Crippen LogP contribution >= 0.6 is 0 Å². The van der Waals surface area contributed by atoms with Crippen LogP contribution < -0.4 is 11.1 Å². The number of rotatable bonds is 10. The second-order valence-corrected chi connectivity index (χ2v) is 3.98. The molecule has 96 valence electrons. The van der Waals surface area contributed by atoms with Gasteiger partial charge in [0.05, 0.1) is 0 Å². The molecule has 0 aliphatic rings. The smallest absolute Gasteiger partial charge is 0.219 e. The maximum Gasteiger partial charge on any atom is 0.219 e. The van der Waals surface area contributed by atoms with Crippen molar-refractivity contribution in [3.05, 3.63) is 0 Å². The lowest BCUT2D eigenvalue weighted by Gasteiger charge is -2.17. The normalized spacial score (nSPS) is 10.8. The first-order valence-corrected chi connectivity index (χ1v) is 6.43. The van der Waals surface area contributed by atoms with Crippen LogP contribution in [0.3, 0.4) is 0 Å². The van der Waals surface area contributed by atoms with Crippen molar-refractivity contribution in [1.29, 1.82) is 0 Å². The molecule has 0 radical (unpaired) electrons. The van der Waals surface area contributed by atoms with Crippen LogP contribution in [0.1, 0.15) is 39.5 Å². The standard InChI is InChI=1S/C12H27N3O/c1-3-15(4-2)11-7-10-14-12(16)8-5-6-9-13/h3-11,13H2,1-2H3,(H,14,16). The SMILES string of the molecule is CCN(CC)CCCNC(=O)CCCCN. The molecule has 0 aliphatic carbocycles. The molecule has 1 amide bonds. The van der Waals surface area contributed by atoms with Crippen LogP contribution in [0.5, 0.6) is 0 Å². The average Bonchev–Trinajstić information content (AvgIpc) is 2.30. The average molecular weight is 229 g/mol. The molecule has 0 rings (SSSR count). The van der Waals surface area contributed by atoms with E-state index in [4.69, 9.17) is 5.73 Å². The highest BCUT2D eigenvalue weighted by Gasteiger charge is 2.01. The lowest BCUT2D eigenvalue weighted by atomic mass is 10.2. The van der Waals surface area contributed by atoms with Gasteiger partial charge in [-0.1, -0.05) is 13.8 Å². The van der Waals surface area contributed by atoms with E-state index in [1.165, 1.54) is 0 Å². The molecular weight excluding hydrogens is 202 g/mol. The number of amides is 1. The number of hydrogen-bond acceptors (Lipinski definition) is 3. The van der Waals surface area contributed by atoms with Gasteiger partial charge in [0.25, 0.3) is 0 Å². The number of carbonyl (C=O) groups is 1. The zero-order chi connectivity index (χ0) is 12.2. The van der Waals surface area contributed by atoms with E-state index in [1.54, 1.807) is 0 Å². The van der Waals surface area contributed by atoms with Gasteiger partial charge >= 0.3 is 0 Å². The number of nitrogens with one attached hydrogen (secondary N) is 1. The Morgan fingerprint density at radius 3 is 2.44 bits per heavy atom. The summed E-state index contributed by atoms with van der Waals surface area (Å²) in [6, 6.07) is 0. The summed E-state index contributed by atoms with van der Waals surface area (Å²) in [7, 11) is 0. The molecule has 0 aromatic heterocycles. The summed E-state index contributed by atoms with van der Waals surface area (Å²) in [5.74, 6) is 0.160. The van der Waals surface area contributed by atoms with E-state index >= 15 is 0 Å². The molecule has 0 atom stereocenters. The van der Waals surface area contributed by atoms with Gasteiger partial charge in [-0.25, -0.2) is 0 Å². The fourth-order valence-electron chi connectivity index (χ4n) is 1.59. The molecule has 0 bridgehead atoms. The highest BCUT2D eigenvalue weighted by Crippen LogP contribution is 1.94. The van der Waals surface area contributed by atoms with Gasteiger partial charge in [-0.2, -0.15) is 0 Å². The molecule has 0 aliphatic heterocycles. The minimum absolute atomic E-state index is 0.160. The van der Waals surface area contributed by atoms with Crippen LogP contribution in [-0.4, -0.2) is 43.5 Å². The fraction of sp³-hybridized carbons (Fsp3) is 0.917. The largest absolute Gasteiger partial charge is 0.356 e. The summed E-state index contributed by atoms with van der Waals surface area (Å²) in [4.78, 5) is 13.7. The molecule has 0 spiro atoms. The Kier molecular flexibility index (Phi) is 10.5. The van der Waals surface area contributed by atoms with Gasteiger partial charge in [-0.15, -0.1) is 0 Å². The number of carbonyl (C=O) groups excluding carboxylic acids is 1. The van der Waals surface area contributed by atoms with Crippen molar-refractivity contribution in [2.75, 3.05) is 32.7 Å². The van der Waals surface area contributed by atoms with Crippen LogP contribution in [0.15, 0.2) is 0 Å². The van der Waals surface area contributed by atoms with Gasteiger partial charge in [0.1, 0.15) is 0 Å². The highest BCUT2D eigenvalue weighted by molar-refractivity contribution is 5.75. The van der Waals surface area contributed by atoms with E-state index < -0.39 is 0 Å². The van der Waals surface area contributed by atoms with Gasteiger partial charge < -0.3 is 16.0 Å². The number of nitrogens with zero attached hydrogens (tertiary/aromatic N) is 1. The lowest BCUT2D eigenvalue weighted by Crippen LogP contribution is -2.29. The predicted octanol–water partition coefficient (Wildman–Crippen LogP) is 0.964. The molecule has 4 nitrogen and oxygen atoms in total. The summed E-state index contributed by atoms with van der Waals surface area (Å²) < 4.78 is 0. The Morgan fingerprint density at radius 2 is 1.88 bits per heavy atom. The summed E-state index contributed by atoms with van der Waals surface area (Å²) >= 11 is 0. The third-order valence-corrected chi connectivity index (χ3v) is 2.73. The number of nitrogens with two attached hydrogens (primary N) is 1. The van der Waals surface area contributed by atoms with E-state index in [9.17, 15) is 4.79 Å². The van der Waals surface area contributed by atoms with E-state index in [0.717, 1.165) is 45.4 Å². The van der Waals surface area contributed by atoms with E-state index in [2.05, 4.69) is 24.1 Å². The predicted molar refractivity (Wildman–Crippen MR) is 68.3 cm³/mol. The van der Waals surface area contributed by atoms with Gasteiger partial charge in [-0.3, -0.25) is 4.79 Å². The summed E-state index contributed by atoms with van der Waals surface area (Å²) in [5, 5.41) is 2.94. The topological polar surface area (TPSA) is 58.4 Å². The molecular formula is C12H27N3O. The van der Waals surface area contributed by atoms with Crippen molar-refractivity contribution in [2.45, 2.75) is 39.5 Å². The van der Waals surface area contributed by atoms with E-state index in [-0.39, 0.29) is 5.91 Å². The Hall–Kier alpha value is -0.610. The van der Waals surface area contributed by atoms with Gasteiger partial charge in [0.2, 0.25) is 5.91 Å². The zero-order valence-corrected chi connectivity index (χ0v) is 10.8. The molecule has 0 heterocycles. The first-order chi connectivity index (χ1) is 7.74. The zero-order valence-electron chi connectivity index (χ0n) is 10.8. The second-order valence-electron chi connectivity index (χ2n) is 3.98. The van der Waals surface area contributed by atoms with Gasteiger partial charge in [0, 0.05) is 13.0 Å². The van der Waals surface area contributed by atoms with Gasteiger partial charge in [0.15, 0.2) is 0 Å². The fourth-order valence-corrected chi connectivity index (χ4v) is 1.59. The maximum atomic E-state index is 11.3. The molecule has 0 saturated heterocycles. The van der Waals surface area contributed by atoms with Crippen LogP contribution in [0.4, 0.5) is 0 Å². The minimum Gasteiger partial charge on any atom is -0.356 e. The van der Waals surface area contributed by atoms with Crippen LogP contribution in [-0.2, 0) is 4.79 Å². The Bertz CT molecular complexity index is 170. The molecule has 0 saturated carbocycles. The summed E-state index contributed by atoms with van der Waals surface area (Å²) in [5.41, 5.74) is 5.36. The highest BCUT2D eigenvalue weighted by atomic mass is 16.1. The van der Waals surface area contributed by atoms with Crippen molar-refractivity contribution >= 4 is 5.91 Å². The lowest BCUT2D eigenvalue weighted by molar-refractivity contribution is -0.121. The Labute approximate surface area is 99.6 Å². The van der Waals surface area contributed by atoms with Gasteiger partial charge in [-0.05, 0) is 45.4 Å². The second kappa shape index (κ2) is 10.9. The monoisotopic (exact) mass is 229 g/mol. The van der Waals surface area contributed by atoms with Crippen LogP contribution in [0.2, 0.25) is 0 Å². The van der Waals surface area contributed by atoms with Crippen molar-refractivity contribution in [1.82, 2.24) is 10.2 Å². The van der Waals surface area contributed by atoms with E-state index in [0.29, 0.717) is 13.0 Å². The third kappa shape index (κ3) is 8.68. The van der Waals surface area contributed by atoms with Crippen molar-refractivity contribution in [3.63, 3.8) is 0 Å². The summed E-state index contributed by atoms with van der Waals surface area (Å²) in [6.45, 7) is 9.02. The first kappa shape index (κ1) is 15.4. The Morgan fingerprint density at radius 1 is 1.19 bits per heavy atom. The molecule has 3 N–H and O–H groups in total. The molecule has 4 heteroatoms. The van der Waals surface area contributed by atoms with Crippen molar-refractivity contribution in [2.24, 2.45) is 5.73 Å². The van der Waals surface area contributed by atoms with E-state index in [1.807, 2.05) is 0 Å². The number of hydrogen-bond donors (Lipinski definition) is 2. The van der Waals surface area contributed by atoms with Crippen LogP contribution in [0.25, 0.3) is 0 Å². The van der Waals surface area contributed by atoms with Crippen LogP contribution in [0, 0.1) is 0 Å².